The van der Waals surface area contributed by atoms with Gasteiger partial charge in [-0.3, -0.25) is 9.78 Å². The van der Waals surface area contributed by atoms with Gasteiger partial charge in [0.15, 0.2) is 5.65 Å². The van der Waals surface area contributed by atoms with E-state index >= 15 is 0 Å². The highest BCUT2D eigenvalue weighted by Crippen LogP contribution is 2.25. The number of anilines is 1. The Labute approximate surface area is 179 Å². The summed E-state index contributed by atoms with van der Waals surface area (Å²) in [6.07, 6.45) is 1.45. The first-order valence-electron chi connectivity index (χ1n) is 9.90. The number of rotatable bonds is 8. The molecule has 9 nitrogen and oxygen atoms in total. The Morgan fingerprint density at radius 3 is 2.68 bits per heavy atom. The number of fused-ring (bicyclic) bond motifs is 1. The zero-order valence-electron chi connectivity index (χ0n) is 18.2. The van der Waals surface area contributed by atoms with Gasteiger partial charge in [0.25, 0.3) is 5.91 Å². The summed E-state index contributed by atoms with van der Waals surface area (Å²) < 4.78 is 20.8. The van der Waals surface area contributed by atoms with Crippen LogP contribution in [0.5, 0.6) is 5.88 Å². The van der Waals surface area contributed by atoms with Gasteiger partial charge in [0.05, 0.1) is 42.4 Å². The lowest BCUT2D eigenvalue weighted by Gasteiger charge is -2.23. The predicted octanol–water partition coefficient (Wildman–Crippen LogP) is 2.46. The third-order valence-corrected chi connectivity index (χ3v) is 4.61. The van der Waals surface area contributed by atoms with Crippen LogP contribution >= 0.6 is 0 Å². The van der Waals surface area contributed by atoms with E-state index in [4.69, 9.17) is 4.74 Å². The second kappa shape index (κ2) is 8.84. The van der Waals surface area contributed by atoms with E-state index in [9.17, 15) is 14.3 Å². The van der Waals surface area contributed by atoms with Crippen molar-refractivity contribution in [2.75, 3.05) is 19.0 Å². The van der Waals surface area contributed by atoms with Gasteiger partial charge in [-0.25, -0.2) is 13.9 Å². The summed E-state index contributed by atoms with van der Waals surface area (Å²) in [5, 5.41) is 19.9. The van der Waals surface area contributed by atoms with Crippen LogP contribution in [0.2, 0.25) is 0 Å². The molecule has 0 aliphatic heterocycles. The molecule has 3 aromatic heterocycles. The van der Waals surface area contributed by atoms with E-state index in [1.54, 1.807) is 28.9 Å². The minimum atomic E-state index is -1.61. The van der Waals surface area contributed by atoms with Crippen molar-refractivity contribution in [1.82, 2.24) is 24.9 Å². The standard InChI is InChI=1S/C21H27FN6O3/c1-12(2)26-14-8-15(16-10-24-18-6-7-19(31-5)27-28(16)18)23-9-13(14)20(29)25-11-17(22)21(3,4)30/h6-10,12,17,30H,11H2,1-5H3,(H,23,26)(H,25,29)/t17-/m1/s1. The molecule has 3 rings (SSSR count). The third kappa shape index (κ3) is 5.08. The number of halogens is 1. The topological polar surface area (TPSA) is 114 Å². The molecule has 0 aliphatic rings. The molecule has 0 bridgehead atoms. The molecule has 166 valence electrons. The zero-order chi connectivity index (χ0) is 22.8. The van der Waals surface area contributed by atoms with Crippen LogP contribution in [0.15, 0.2) is 30.6 Å². The fourth-order valence-electron chi connectivity index (χ4n) is 2.87. The normalized spacial score (nSPS) is 12.8. The number of nitrogens with zero attached hydrogens (tertiary/aromatic N) is 4. The Kier molecular flexibility index (Phi) is 6.40. The van der Waals surface area contributed by atoms with Crippen LogP contribution in [-0.2, 0) is 0 Å². The maximum absolute atomic E-state index is 14.0. The number of methoxy groups -OCH3 is 1. The van der Waals surface area contributed by atoms with E-state index in [2.05, 4.69) is 25.7 Å². The molecular weight excluding hydrogens is 403 g/mol. The van der Waals surface area contributed by atoms with Crippen LogP contribution in [-0.4, -0.2) is 62.1 Å². The summed E-state index contributed by atoms with van der Waals surface area (Å²) >= 11 is 0. The molecule has 0 saturated heterocycles. The van der Waals surface area contributed by atoms with E-state index in [1.165, 1.54) is 27.2 Å². The van der Waals surface area contributed by atoms with Crippen molar-refractivity contribution in [2.45, 2.75) is 45.5 Å². The number of hydrogen-bond acceptors (Lipinski definition) is 7. The Balaban J connectivity index is 1.94. The molecule has 3 heterocycles. The van der Waals surface area contributed by atoms with Gasteiger partial charge in [0.2, 0.25) is 5.88 Å². The fraction of sp³-hybridized carbons (Fsp3) is 0.429. The highest BCUT2D eigenvalue weighted by molar-refractivity contribution is 6.00. The van der Waals surface area contributed by atoms with Gasteiger partial charge < -0.3 is 20.5 Å². The van der Waals surface area contributed by atoms with E-state index in [0.29, 0.717) is 28.6 Å². The van der Waals surface area contributed by atoms with Crippen molar-refractivity contribution in [3.63, 3.8) is 0 Å². The van der Waals surface area contributed by atoms with Crippen LogP contribution in [0.25, 0.3) is 17.0 Å². The SMILES string of the molecule is COc1ccc2ncc(-c3cc(NC(C)C)c(C(=O)NC[C@@H](F)C(C)(C)O)cn3)n2n1. The third-order valence-electron chi connectivity index (χ3n) is 4.61. The van der Waals surface area contributed by atoms with Gasteiger partial charge in [-0.1, -0.05) is 0 Å². The summed E-state index contributed by atoms with van der Waals surface area (Å²) in [5.74, 6) is -0.0668. The lowest BCUT2D eigenvalue weighted by atomic mass is 10.0. The molecule has 0 aliphatic carbocycles. The van der Waals surface area contributed by atoms with Crippen LogP contribution in [0.3, 0.4) is 0 Å². The maximum Gasteiger partial charge on any atom is 0.255 e. The van der Waals surface area contributed by atoms with Gasteiger partial charge in [0, 0.05) is 18.3 Å². The summed E-state index contributed by atoms with van der Waals surface area (Å²) in [6, 6.07) is 5.25. The molecular formula is C21H27FN6O3. The van der Waals surface area contributed by atoms with Crippen LogP contribution < -0.4 is 15.4 Å². The first-order valence-corrected chi connectivity index (χ1v) is 9.90. The van der Waals surface area contributed by atoms with Crippen molar-refractivity contribution in [1.29, 1.82) is 0 Å². The molecule has 3 N–H and O–H groups in total. The average molecular weight is 430 g/mol. The first-order chi connectivity index (χ1) is 14.6. The summed E-state index contributed by atoms with van der Waals surface area (Å²) in [7, 11) is 1.53. The van der Waals surface area contributed by atoms with Gasteiger partial charge in [0.1, 0.15) is 11.9 Å². The number of aliphatic hydroxyl groups is 1. The quantitative estimate of drug-likeness (QED) is 0.503. The van der Waals surface area contributed by atoms with Gasteiger partial charge in [-0.2, -0.15) is 0 Å². The second-order valence-corrected chi connectivity index (χ2v) is 8.03. The number of nitrogens with one attached hydrogen (secondary N) is 2. The van der Waals surface area contributed by atoms with Gasteiger partial charge in [-0.05, 0) is 39.8 Å². The molecule has 31 heavy (non-hydrogen) atoms. The van der Waals surface area contributed by atoms with Crippen molar-refractivity contribution in [3.05, 3.63) is 36.2 Å². The lowest BCUT2D eigenvalue weighted by Crippen LogP contribution is -2.42. The minimum absolute atomic E-state index is 0.0347. The number of imidazole rings is 1. The first kappa shape index (κ1) is 22.4. The highest BCUT2D eigenvalue weighted by Gasteiger charge is 2.27. The molecule has 10 heteroatoms. The smallest absolute Gasteiger partial charge is 0.255 e. The van der Waals surface area contributed by atoms with Crippen molar-refractivity contribution < 1.29 is 19.0 Å². The second-order valence-electron chi connectivity index (χ2n) is 8.03. The number of aromatic nitrogens is 4. The fourth-order valence-corrected chi connectivity index (χ4v) is 2.87. The lowest BCUT2D eigenvalue weighted by molar-refractivity contribution is -0.00177. The van der Waals surface area contributed by atoms with Crippen LogP contribution in [0.1, 0.15) is 38.1 Å². The molecule has 1 atom stereocenters. The Hall–Kier alpha value is -3.27. The molecule has 0 saturated carbocycles. The maximum atomic E-state index is 14.0. The average Bonchev–Trinajstić information content (AvgIpc) is 3.13. The molecule has 0 unspecified atom stereocenters. The molecule has 3 aromatic rings. The number of amides is 1. The number of carbonyl (C=O) groups excluding carboxylic acids is 1. The van der Waals surface area contributed by atoms with Crippen molar-refractivity contribution in [2.24, 2.45) is 0 Å². The van der Waals surface area contributed by atoms with Gasteiger partial charge in [-0.15, -0.1) is 5.10 Å². The molecule has 0 fully saturated rings. The summed E-state index contributed by atoms with van der Waals surface area (Å²) in [4.78, 5) is 21.4. The number of alkyl halides is 1. The number of carbonyl (C=O) groups is 1. The van der Waals surface area contributed by atoms with Crippen molar-refractivity contribution in [3.8, 4) is 17.3 Å². The number of ether oxygens (including phenoxy) is 1. The van der Waals surface area contributed by atoms with E-state index in [1.807, 2.05) is 13.8 Å². The zero-order valence-corrected chi connectivity index (χ0v) is 18.2. The molecule has 0 aromatic carbocycles. The van der Waals surface area contributed by atoms with Crippen molar-refractivity contribution >= 4 is 17.2 Å². The summed E-state index contributed by atoms with van der Waals surface area (Å²) in [5.41, 5.74) is 1.05. The highest BCUT2D eigenvalue weighted by atomic mass is 19.1. The Bertz CT molecular complexity index is 1080. The van der Waals surface area contributed by atoms with E-state index in [0.717, 1.165) is 0 Å². The monoisotopic (exact) mass is 430 g/mol. The van der Waals surface area contributed by atoms with E-state index < -0.39 is 17.7 Å². The molecule has 0 spiro atoms. The minimum Gasteiger partial charge on any atom is -0.480 e. The number of hydrogen-bond donors (Lipinski definition) is 3. The number of pyridine rings is 1. The van der Waals surface area contributed by atoms with E-state index in [-0.39, 0.29) is 18.2 Å². The molecule has 1 amide bonds. The Morgan fingerprint density at radius 1 is 1.29 bits per heavy atom. The molecule has 0 radical (unpaired) electrons. The largest absolute Gasteiger partial charge is 0.480 e. The summed E-state index contributed by atoms with van der Waals surface area (Å²) in [6.45, 7) is 6.26. The van der Waals surface area contributed by atoms with Crippen LogP contribution in [0, 0.1) is 0 Å². The predicted molar refractivity (Wildman–Crippen MR) is 115 cm³/mol. The Morgan fingerprint density at radius 2 is 2.03 bits per heavy atom. The van der Waals surface area contributed by atoms with Gasteiger partial charge >= 0.3 is 0 Å². The van der Waals surface area contributed by atoms with Crippen LogP contribution in [0.4, 0.5) is 10.1 Å².